The first-order valence-corrected chi connectivity index (χ1v) is 7.81. The molecular formula is C14H21ClN2S. The van der Waals surface area contributed by atoms with E-state index in [9.17, 15) is 0 Å². The van der Waals surface area contributed by atoms with Gasteiger partial charge < -0.3 is 10.2 Å². The SMILES string of the molecule is CN(C)CCSc1ccc(Cl)cc1CNC1CC1. The second kappa shape index (κ2) is 6.80. The number of benzene rings is 1. The van der Waals surface area contributed by atoms with Gasteiger partial charge >= 0.3 is 0 Å². The molecule has 18 heavy (non-hydrogen) atoms. The smallest absolute Gasteiger partial charge is 0.0410 e. The van der Waals surface area contributed by atoms with Gasteiger partial charge in [-0.05, 0) is 50.7 Å². The summed E-state index contributed by atoms with van der Waals surface area (Å²) in [6, 6.07) is 6.96. The number of hydrogen-bond acceptors (Lipinski definition) is 3. The van der Waals surface area contributed by atoms with Crippen molar-refractivity contribution >= 4 is 23.4 Å². The van der Waals surface area contributed by atoms with Gasteiger partial charge in [0.05, 0.1) is 0 Å². The zero-order chi connectivity index (χ0) is 13.0. The van der Waals surface area contributed by atoms with Gasteiger partial charge in [-0.3, -0.25) is 0 Å². The Hall–Kier alpha value is -0.220. The standard InChI is InChI=1S/C14H21ClN2S/c1-17(2)7-8-18-14-6-3-12(15)9-11(14)10-16-13-4-5-13/h3,6,9,13,16H,4-5,7-8,10H2,1-2H3. The van der Waals surface area contributed by atoms with E-state index in [2.05, 4.69) is 36.4 Å². The summed E-state index contributed by atoms with van der Waals surface area (Å²) in [4.78, 5) is 3.57. The molecule has 1 aliphatic rings. The van der Waals surface area contributed by atoms with E-state index in [1.807, 2.05) is 17.8 Å². The molecular weight excluding hydrogens is 264 g/mol. The van der Waals surface area contributed by atoms with Crippen LogP contribution in [0.25, 0.3) is 0 Å². The maximum atomic E-state index is 6.09. The van der Waals surface area contributed by atoms with Gasteiger partial charge in [0.1, 0.15) is 0 Å². The molecule has 0 amide bonds. The van der Waals surface area contributed by atoms with Crippen molar-refractivity contribution in [3.8, 4) is 0 Å². The molecule has 2 nitrogen and oxygen atoms in total. The van der Waals surface area contributed by atoms with Crippen LogP contribution in [0.4, 0.5) is 0 Å². The number of thioether (sulfide) groups is 1. The second-order valence-electron chi connectivity index (χ2n) is 5.06. The van der Waals surface area contributed by atoms with Gasteiger partial charge in [-0.1, -0.05) is 11.6 Å². The number of rotatable bonds is 7. The van der Waals surface area contributed by atoms with Crippen LogP contribution in [-0.4, -0.2) is 37.3 Å². The Morgan fingerprint density at radius 2 is 2.17 bits per heavy atom. The average molecular weight is 285 g/mol. The van der Waals surface area contributed by atoms with Crippen molar-refractivity contribution in [3.63, 3.8) is 0 Å². The molecule has 4 heteroatoms. The lowest BCUT2D eigenvalue weighted by molar-refractivity contribution is 0.437. The lowest BCUT2D eigenvalue weighted by atomic mass is 10.2. The summed E-state index contributed by atoms with van der Waals surface area (Å²) in [5, 5.41) is 4.39. The maximum absolute atomic E-state index is 6.09. The number of nitrogens with one attached hydrogen (secondary N) is 1. The molecule has 1 N–H and O–H groups in total. The molecule has 1 aliphatic carbocycles. The molecule has 0 saturated heterocycles. The van der Waals surface area contributed by atoms with Crippen molar-refractivity contribution in [1.29, 1.82) is 0 Å². The van der Waals surface area contributed by atoms with Gasteiger partial charge in [0.25, 0.3) is 0 Å². The van der Waals surface area contributed by atoms with E-state index in [0.29, 0.717) is 0 Å². The molecule has 100 valence electrons. The minimum absolute atomic E-state index is 0.739. The molecule has 1 aromatic rings. The van der Waals surface area contributed by atoms with Crippen LogP contribution in [0.5, 0.6) is 0 Å². The van der Waals surface area contributed by atoms with Crippen LogP contribution in [0.1, 0.15) is 18.4 Å². The van der Waals surface area contributed by atoms with Gasteiger partial charge in [-0.25, -0.2) is 0 Å². The summed E-state index contributed by atoms with van der Waals surface area (Å²) in [7, 11) is 4.22. The summed E-state index contributed by atoms with van der Waals surface area (Å²) in [6.45, 7) is 2.04. The topological polar surface area (TPSA) is 15.3 Å². The first-order valence-electron chi connectivity index (χ1n) is 6.44. The molecule has 0 unspecified atom stereocenters. The molecule has 0 aromatic heterocycles. The normalized spacial score (nSPS) is 15.3. The third-order valence-corrected chi connectivity index (χ3v) is 4.31. The van der Waals surface area contributed by atoms with Gasteiger partial charge in [-0.2, -0.15) is 0 Å². The highest BCUT2D eigenvalue weighted by Crippen LogP contribution is 2.27. The van der Waals surface area contributed by atoms with E-state index >= 15 is 0 Å². The Bertz CT molecular complexity index is 391. The minimum atomic E-state index is 0.739. The molecule has 1 saturated carbocycles. The van der Waals surface area contributed by atoms with Crippen LogP contribution in [0.15, 0.2) is 23.1 Å². The molecule has 0 heterocycles. The zero-order valence-electron chi connectivity index (χ0n) is 11.1. The number of halogens is 1. The van der Waals surface area contributed by atoms with E-state index in [1.54, 1.807) is 0 Å². The van der Waals surface area contributed by atoms with E-state index in [1.165, 1.54) is 23.3 Å². The third-order valence-electron chi connectivity index (χ3n) is 2.98. The minimum Gasteiger partial charge on any atom is -0.310 e. The van der Waals surface area contributed by atoms with Crippen LogP contribution in [-0.2, 0) is 6.54 Å². The van der Waals surface area contributed by atoms with Crippen LogP contribution >= 0.6 is 23.4 Å². The highest BCUT2D eigenvalue weighted by Gasteiger charge is 2.20. The van der Waals surface area contributed by atoms with Crippen molar-refractivity contribution in [2.24, 2.45) is 0 Å². The number of nitrogens with zero attached hydrogens (tertiary/aromatic N) is 1. The maximum Gasteiger partial charge on any atom is 0.0410 e. The molecule has 0 aliphatic heterocycles. The van der Waals surface area contributed by atoms with Gasteiger partial charge in [0.15, 0.2) is 0 Å². The molecule has 0 spiro atoms. The van der Waals surface area contributed by atoms with Gasteiger partial charge in [0, 0.05) is 34.8 Å². The first kappa shape index (κ1) is 14.2. The van der Waals surface area contributed by atoms with Crippen molar-refractivity contribution in [3.05, 3.63) is 28.8 Å². The van der Waals surface area contributed by atoms with Crippen molar-refractivity contribution in [1.82, 2.24) is 10.2 Å². The van der Waals surface area contributed by atoms with E-state index < -0.39 is 0 Å². The highest BCUT2D eigenvalue weighted by atomic mass is 35.5. The van der Waals surface area contributed by atoms with Crippen LogP contribution in [0.3, 0.4) is 0 Å². The Kier molecular flexibility index (Phi) is 5.37. The Labute approximate surface area is 119 Å². The summed E-state index contributed by atoms with van der Waals surface area (Å²) in [6.07, 6.45) is 2.65. The highest BCUT2D eigenvalue weighted by molar-refractivity contribution is 7.99. The predicted octanol–water partition coefficient (Wildman–Crippen LogP) is 3.25. The lowest BCUT2D eigenvalue weighted by Gasteiger charge is -2.12. The zero-order valence-corrected chi connectivity index (χ0v) is 12.7. The summed E-state index contributed by atoms with van der Waals surface area (Å²) >= 11 is 8.00. The molecule has 2 rings (SSSR count). The third kappa shape index (κ3) is 4.81. The fourth-order valence-corrected chi connectivity index (χ4v) is 3.06. The Morgan fingerprint density at radius 1 is 1.39 bits per heavy atom. The van der Waals surface area contributed by atoms with E-state index in [4.69, 9.17) is 11.6 Å². The lowest BCUT2D eigenvalue weighted by Crippen LogP contribution is -2.17. The molecule has 0 bridgehead atoms. The fraction of sp³-hybridized carbons (Fsp3) is 0.571. The second-order valence-corrected chi connectivity index (χ2v) is 6.63. The average Bonchev–Trinajstić information content (AvgIpc) is 3.12. The molecule has 0 radical (unpaired) electrons. The fourth-order valence-electron chi connectivity index (χ4n) is 1.71. The van der Waals surface area contributed by atoms with Crippen molar-refractivity contribution < 1.29 is 0 Å². The molecule has 0 atom stereocenters. The summed E-state index contributed by atoms with van der Waals surface area (Å²) < 4.78 is 0. The monoisotopic (exact) mass is 284 g/mol. The van der Waals surface area contributed by atoms with Gasteiger partial charge in [-0.15, -0.1) is 11.8 Å². The van der Waals surface area contributed by atoms with Crippen LogP contribution in [0, 0.1) is 0 Å². The quantitative estimate of drug-likeness (QED) is 0.774. The van der Waals surface area contributed by atoms with E-state index in [0.717, 1.165) is 29.9 Å². The van der Waals surface area contributed by atoms with Crippen molar-refractivity contribution in [2.75, 3.05) is 26.4 Å². The van der Waals surface area contributed by atoms with Gasteiger partial charge in [0.2, 0.25) is 0 Å². The summed E-state index contributed by atoms with van der Waals surface area (Å²) in [5.41, 5.74) is 1.33. The first-order chi connectivity index (χ1) is 8.65. The summed E-state index contributed by atoms with van der Waals surface area (Å²) in [5.74, 6) is 1.12. The molecule has 1 fully saturated rings. The predicted molar refractivity (Wildman–Crippen MR) is 80.6 cm³/mol. The Morgan fingerprint density at radius 3 is 2.83 bits per heavy atom. The number of hydrogen-bond donors (Lipinski definition) is 1. The van der Waals surface area contributed by atoms with E-state index in [-0.39, 0.29) is 0 Å². The molecule has 1 aromatic carbocycles. The van der Waals surface area contributed by atoms with Crippen molar-refractivity contribution in [2.45, 2.75) is 30.3 Å². The largest absolute Gasteiger partial charge is 0.310 e. The van der Waals surface area contributed by atoms with Crippen LogP contribution in [0.2, 0.25) is 5.02 Å². The van der Waals surface area contributed by atoms with Crippen LogP contribution < -0.4 is 5.32 Å². The Balaban J connectivity index is 1.93.